The van der Waals surface area contributed by atoms with E-state index in [-0.39, 0.29) is 17.8 Å². The highest BCUT2D eigenvalue weighted by Gasteiger charge is 1.98. The molecule has 1 rings (SSSR count). The summed E-state index contributed by atoms with van der Waals surface area (Å²) in [7, 11) is 0. The van der Waals surface area contributed by atoms with Crippen molar-refractivity contribution >= 4 is 0 Å². The van der Waals surface area contributed by atoms with E-state index in [1.54, 1.807) is 6.92 Å². The number of H-pyrrole nitrogens is 1. The van der Waals surface area contributed by atoms with E-state index >= 15 is 0 Å². The molecule has 0 spiro atoms. The molecule has 0 aromatic carbocycles. The molecule has 1 aromatic heterocycles. The Hall–Kier alpha value is -1.58. The van der Waals surface area contributed by atoms with Crippen molar-refractivity contribution in [3.8, 4) is 0 Å². The Balaban J connectivity index is 3.38. The molecule has 12 heavy (non-hydrogen) atoms. The highest BCUT2D eigenvalue weighted by atomic mass is 16.2. The van der Waals surface area contributed by atoms with Crippen LogP contribution in [0.4, 0.5) is 0 Å². The van der Waals surface area contributed by atoms with Crippen LogP contribution in [0, 0.1) is 6.92 Å². The second-order valence-corrected chi connectivity index (χ2v) is 2.50. The first-order valence-corrected chi connectivity index (χ1v) is 3.57. The molecule has 0 saturated carbocycles. The molecule has 4 nitrogen and oxygen atoms in total. The molecule has 0 aliphatic carbocycles. The highest BCUT2D eigenvalue weighted by molar-refractivity contribution is 4.96. The summed E-state index contributed by atoms with van der Waals surface area (Å²) in [5.74, 6) is 0. The minimum atomic E-state index is -0.389. The summed E-state index contributed by atoms with van der Waals surface area (Å²) in [6, 6.07) is 1.38. The summed E-state index contributed by atoms with van der Waals surface area (Å²) >= 11 is 0. The normalized spacial score (nSPS) is 9.75. The third-order valence-electron chi connectivity index (χ3n) is 1.47. The quantitative estimate of drug-likeness (QED) is 0.630. The number of allylic oxidation sites excluding steroid dienone is 1. The summed E-state index contributed by atoms with van der Waals surface area (Å²) in [6.07, 6.45) is 1.51. The van der Waals surface area contributed by atoms with Crippen molar-refractivity contribution in [2.75, 3.05) is 0 Å². The molecule has 1 aromatic rings. The van der Waals surface area contributed by atoms with Gasteiger partial charge in [-0.1, -0.05) is 6.08 Å². The second-order valence-electron chi connectivity index (χ2n) is 2.50. The van der Waals surface area contributed by atoms with Crippen LogP contribution in [0.1, 0.15) is 5.69 Å². The van der Waals surface area contributed by atoms with E-state index in [9.17, 15) is 9.59 Å². The van der Waals surface area contributed by atoms with Gasteiger partial charge in [0, 0.05) is 18.3 Å². The standard InChI is InChI=1S/C8H10N2O2/c1-3-4-10-7(11)5-6(2)9-8(10)12/h3,5H,1,4H2,2H3,(H,9,12). The zero-order chi connectivity index (χ0) is 9.14. The average molecular weight is 166 g/mol. The number of aromatic nitrogens is 2. The van der Waals surface area contributed by atoms with E-state index in [0.29, 0.717) is 5.69 Å². The van der Waals surface area contributed by atoms with Crippen LogP contribution >= 0.6 is 0 Å². The van der Waals surface area contributed by atoms with Crippen molar-refractivity contribution in [1.82, 2.24) is 9.55 Å². The summed E-state index contributed by atoms with van der Waals surface area (Å²) in [4.78, 5) is 24.8. The highest BCUT2D eigenvalue weighted by Crippen LogP contribution is 1.79. The van der Waals surface area contributed by atoms with Crippen LogP contribution in [-0.4, -0.2) is 9.55 Å². The van der Waals surface area contributed by atoms with Gasteiger partial charge in [-0.15, -0.1) is 6.58 Å². The average Bonchev–Trinajstić information content (AvgIpc) is 1.96. The molecule has 0 aliphatic rings. The molecular formula is C8H10N2O2. The molecule has 0 unspecified atom stereocenters. The van der Waals surface area contributed by atoms with Crippen LogP contribution in [-0.2, 0) is 6.54 Å². The molecule has 0 fully saturated rings. The first kappa shape index (κ1) is 8.52. The van der Waals surface area contributed by atoms with Gasteiger partial charge in [-0.2, -0.15) is 0 Å². The fourth-order valence-corrected chi connectivity index (χ4v) is 0.937. The SMILES string of the molecule is C=CCn1c(=O)cc(C)[nH]c1=O. The Morgan fingerprint density at radius 2 is 2.33 bits per heavy atom. The maximum Gasteiger partial charge on any atom is 0.328 e. The van der Waals surface area contributed by atoms with Gasteiger partial charge in [0.2, 0.25) is 0 Å². The van der Waals surface area contributed by atoms with Gasteiger partial charge in [0.25, 0.3) is 5.56 Å². The van der Waals surface area contributed by atoms with Gasteiger partial charge in [0.05, 0.1) is 0 Å². The lowest BCUT2D eigenvalue weighted by atomic mass is 10.4. The summed E-state index contributed by atoms with van der Waals surface area (Å²) in [6.45, 7) is 5.36. The molecule has 0 aliphatic heterocycles. The van der Waals surface area contributed by atoms with Crippen molar-refractivity contribution in [3.63, 3.8) is 0 Å². The van der Waals surface area contributed by atoms with Gasteiger partial charge < -0.3 is 4.98 Å². The second kappa shape index (κ2) is 3.21. The zero-order valence-electron chi connectivity index (χ0n) is 6.83. The molecule has 4 heteroatoms. The van der Waals surface area contributed by atoms with Gasteiger partial charge in [-0.3, -0.25) is 9.36 Å². The van der Waals surface area contributed by atoms with Crippen molar-refractivity contribution in [2.24, 2.45) is 0 Å². The fourth-order valence-electron chi connectivity index (χ4n) is 0.937. The van der Waals surface area contributed by atoms with Crippen LogP contribution in [0.3, 0.4) is 0 Å². The summed E-state index contributed by atoms with van der Waals surface area (Å²) < 4.78 is 1.08. The molecule has 0 saturated heterocycles. The third-order valence-corrected chi connectivity index (χ3v) is 1.47. The topological polar surface area (TPSA) is 54.9 Å². The number of hydrogen-bond acceptors (Lipinski definition) is 2. The van der Waals surface area contributed by atoms with E-state index in [0.717, 1.165) is 4.57 Å². The van der Waals surface area contributed by atoms with Crippen LogP contribution < -0.4 is 11.2 Å². The third kappa shape index (κ3) is 1.53. The van der Waals surface area contributed by atoms with Crippen LogP contribution in [0.5, 0.6) is 0 Å². The molecular weight excluding hydrogens is 156 g/mol. The first-order valence-electron chi connectivity index (χ1n) is 3.57. The van der Waals surface area contributed by atoms with Crippen molar-refractivity contribution in [2.45, 2.75) is 13.5 Å². The fraction of sp³-hybridized carbons (Fsp3) is 0.250. The van der Waals surface area contributed by atoms with E-state index in [2.05, 4.69) is 11.6 Å². The lowest BCUT2D eigenvalue weighted by Crippen LogP contribution is -2.34. The minimum Gasteiger partial charge on any atom is -0.311 e. The number of aromatic amines is 1. The van der Waals surface area contributed by atoms with Crippen LogP contribution in [0.2, 0.25) is 0 Å². The van der Waals surface area contributed by atoms with E-state index < -0.39 is 0 Å². The molecule has 64 valence electrons. The predicted molar refractivity (Wildman–Crippen MR) is 46.3 cm³/mol. The van der Waals surface area contributed by atoms with Crippen molar-refractivity contribution in [3.05, 3.63) is 45.3 Å². The van der Waals surface area contributed by atoms with E-state index in [1.165, 1.54) is 12.1 Å². The lowest BCUT2D eigenvalue weighted by Gasteiger charge is -1.99. The molecule has 1 N–H and O–H groups in total. The number of nitrogens with zero attached hydrogens (tertiary/aromatic N) is 1. The molecule has 0 bridgehead atoms. The molecule has 1 heterocycles. The Labute approximate surface area is 69.2 Å². The van der Waals surface area contributed by atoms with E-state index in [1.807, 2.05) is 0 Å². The number of aryl methyl sites for hydroxylation is 1. The minimum absolute atomic E-state index is 0.244. The summed E-state index contributed by atoms with van der Waals surface area (Å²) in [5.41, 5.74) is -0.110. The Kier molecular flexibility index (Phi) is 2.28. The van der Waals surface area contributed by atoms with Crippen molar-refractivity contribution in [1.29, 1.82) is 0 Å². The Bertz CT molecular complexity index is 369. The molecule has 0 atom stereocenters. The largest absolute Gasteiger partial charge is 0.328 e. The van der Waals surface area contributed by atoms with E-state index in [4.69, 9.17) is 0 Å². The predicted octanol–water partition coefficient (Wildman–Crippen LogP) is 0.0310. The van der Waals surface area contributed by atoms with Gasteiger partial charge in [0.1, 0.15) is 0 Å². The van der Waals surface area contributed by atoms with Crippen molar-refractivity contribution < 1.29 is 0 Å². The van der Waals surface area contributed by atoms with Gasteiger partial charge >= 0.3 is 5.69 Å². The number of rotatable bonds is 2. The number of hydrogen-bond donors (Lipinski definition) is 1. The maximum atomic E-state index is 11.1. The van der Waals surface area contributed by atoms with Crippen LogP contribution in [0.15, 0.2) is 28.3 Å². The van der Waals surface area contributed by atoms with Crippen LogP contribution in [0.25, 0.3) is 0 Å². The smallest absolute Gasteiger partial charge is 0.311 e. The maximum absolute atomic E-state index is 11.1. The van der Waals surface area contributed by atoms with Gasteiger partial charge in [0.15, 0.2) is 0 Å². The Morgan fingerprint density at radius 3 is 2.83 bits per heavy atom. The zero-order valence-corrected chi connectivity index (χ0v) is 6.83. The first-order chi connectivity index (χ1) is 5.65. The van der Waals surface area contributed by atoms with Gasteiger partial charge in [-0.05, 0) is 6.92 Å². The van der Waals surface area contributed by atoms with Gasteiger partial charge in [-0.25, -0.2) is 4.79 Å². The Morgan fingerprint density at radius 1 is 1.67 bits per heavy atom. The molecule has 0 amide bonds. The molecule has 0 radical (unpaired) electrons. The lowest BCUT2D eigenvalue weighted by molar-refractivity contribution is 0.707. The summed E-state index contributed by atoms with van der Waals surface area (Å²) in [5, 5.41) is 0. The number of nitrogens with one attached hydrogen (secondary N) is 1. The monoisotopic (exact) mass is 166 g/mol.